The Balaban J connectivity index is 1.22. The molecule has 5 rings (SSSR count). The molecule has 0 atom stereocenters. The van der Waals surface area contributed by atoms with Gasteiger partial charge in [-0.2, -0.15) is 0 Å². The zero-order valence-electron chi connectivity index (χ0n) is 16.3. The summed E-state index contributed by atoms with van der Waals surface area (Å²) in [6.07, 6.45) is 0. The van der Waals surface area contributed by atoms with Crippen LogP contribution in [0.25, 0.3) is 20.8 Å². The molecule has 0 radical (unpaired) electrons. The van der Waals surface area contributed by atoms with E-state index in [1.807, 2.05) is 42.5 Å². The van der Waals surface area contributed by atoms with E-state index in [0.29, 0.717) is 22.7 Å². The lowest BCUT2D eigenvalue weighted by atomic mass is 10.2. The number of nitrogens with zero attached hydrogens (tertiary/aromatic N) is 1. The molecule has 2 N–H and O–H groups in total. The van der Waals surface area contributed by atoms with Crippen LogP contribution in [0.1, 0.15) is 10.4 Å². The molecule has 0 saturated carbocycles. The van der Waals surface area contributed by atoms with Crippen LogP contribution in [0.4, 0.5) is 5.69 Å². The number of carbonyl (C=O) groups is 2. The summed E-state index contributed by atoms with van der Waals surface area (Å²) in [5.74, 6) is 0.429. The maximum absolute atomic E-state index is 12.3. The van der Waals surface area contributed by atoms with Gasteiger partial charge < -0.3 is 20.1 Å². The van der Waals surface area contributed by atoms with Crippen LogP contribution in [0.3, 0.4) is 0 Å². The maximum atomic E-state index is 12.3. The van der Waals surface area contributed by atoms with Crippen LogP contribution in [0.5, 0.6) is 11.5 Å². The van der Waals surface area contributed by atoms with Gasteiger partial charge in [0.1, 0.15) is 5.01 Å². The van der Waals surface area contributed by atoms with E-state index in [4.69, 9.17) is 9.47 Å². The molecule has 0 bridgehead atoms. The Morgan fingerprint density at radius 1 is 0.968 bits per heavy atom. The van der Waals surface area contributed by atoms with E-state index >= 15 is 0 Å². The van der Waals surface area contributed by atoms with Gasteiger partial charge in [0.05, 0.1) is 16.8 Å². The van der Waals surface area contributed by atoms with Crippen LogP contribution in [-0.2, 0) is 4.79 Å². The quantitative estimate of drug-likeness (QED) is 0.497. The maximum Gasteiger partial charge on any atom is 0.251 e. The third-order valence-electron chi connectivity index (χ3n) is 4.73. The number of thiazole rings is 1. The summed E-state index contributed by atoms with van der Waals surface area (Å²) < 4.78 is 11.6. The standard InChI is InChI=1S/C23H17N3O4S/c27-21(12-24-22(28)14-8-9-18-19(11-14)30-13-29-18)25-16-5-3-4-15(10-16)23-26-17-6-1-2-7-20(17)31-23/h1-11H,12-13H2,(H,24,28)(H,25,27). The van der Waals surface area contributed by atoms with Crippen LogP contribution >= 0.6 is 11.3 Å². The summed E-state index contributed by atoms with van der Waals surface area (Å²) in [6, 6.07) is 20.3. The van der Waals surface area contributed by atoms with Crippen molar-refractivity contribution in [2.75, 3.05) is 18.7 Å². The first-order valence-electron chi connectivity index (χ1n) is 9.59. The molecule has 4 aromatic rings. The summed E-state index contributed by atoms with van der Waals surface area (Å²) in [6.45, 7) is -0.0163. The number of hydrogen-bond donors (Lipinski definition) is 2. The molecule has 7 nitrogen and oxygen atoms in total. The first-order chi connectivity index (χ1) is 15.2. The minimum absolute atomic E-state index is 0.138. The van der Waals surface area contributed by atoms with Crippen LogP contribution in [0.15, 0.2) is 66.7 Å². The summed E-state index contributed by atoms with van der Waals surface area (Å²) in [5, 5.41) is 6.31. The summed E-state index contributed by atoms with van der Waals surface area (Å²) >= 11 is 1.60. The summed E-state index contributed by atoms with van der Waals surface area (Å²) in [5.41, 5.74) is 2.90. The van der Waals surface area contributed by atoms with Crippen molar-refractivity contribution in [2.45, 2.75) is 0 Å². The molecule has 0 unspecified atom stereocenters. The Labute approximate surface area is 181 Å². The smallest absolute Gasteiger partial charge is 0.251 e. The Morgan fingerprint density at radius 3 is 2.74 bits per heavy atom. The van der Waals surface area contributed by atoms with Gasteiger partial charge in [-0.05, 0) is 42.5 Å². The average Bonchev–Trinajstić information content (AvgIpc) is 3.44. The number of rotatable bonds is 5. The molecule has 3 aromatic carbocycles. The Kier molecular flexibility index (Phi) is 4.97. The number of fused-ring (bicyclic) bond motifs is 2. The second-order valence-corrected chi connectivity index (χ2v) is 7.90. The van der Waals surface area contributed by atoms with E-state index < -0.39 is 0 Å². The fourth-order valence-electron chi connectivity index (χ4n) is 3.23. The number of carbonyl (C=O) groups excluding carboxylic acids is 2. The van der Waals surface area contributed by atoms with Crippen LogP contribution in [0.2, 0.25) is 0 Å². The van der Waals surface area contributed by atoms with Crippen molar-refractivity contribution in [1.82, 2.24) is 10.3 Å². The third-order valence-corrected chi connectivity index (χ3v) is 5.82. The van der Waals surface area contributed by atoms with E-state index in [1.165, 1.54) is 0 Å². The number of aromatic nitrogens is 1. The van der Waals surface area contributed by atoms with Gasteiger partial charge in [-0.15, -0.1) is 11.3 Å². The number of nitrogens with one attached hydrogen (secondary N) is 2. The third kappa shape index (κ3) is 4.06. The van der Waals surface area contributed by atoms with Gasteiger partial charge in [-0.1, -0.05) is 24.3 Å². The fraction of sp³-hybridized carbons (Fsp3) is 0.0870. The minimum atomic E-state index is -0.364. The van der Waals surface area contributed by atoms with E-state index in [9.17, 15) is 9.59 Å². The predicted molar refractivity (Wildman–Crippen MR) is 119 cm³/mol. The molecule has 1 aliphatic rings. The summed E-state index contributed by atoms with van der Waals surface area (Å²) in [4.78, 5) is 29.3. The van der Waals surface area contributed by atoms with Crippen LogP contribution < -0.4 is 20.1 Å². The van der Waals surface area contributed by atoms with Gasteiger partial charge >= 0.3 is 0 Å². The van der Waals surface area contributed by atoms with E-state index in [0.717, 1.165) is 20.8 Å². The first-order valence-corrected chi connectivity index (χ1v) is 10.4. The lowest BCUT2D eigenvalue weighted by molar-refractivity contribution is -0.115. The average molecular weight is 431 g/mol. The van der Waals surface area contributed by atoms with Crippen LogP contribution in [-0.4, -0.2) is 30.1 Å². The molecule has 2 amide bonds. The van der Waals surface area contributed by atoms with Crippen molar-refractivity contribution in [3.8, 4) is 22.1 Å². The number of amides is 2. The van der Waals surface area contributed by atoms with Crippen molar-refractivity contribution in [1.29, 1.82) is 0 Å². The number of ether oxygens (including phenoxy) is 2. The molecule has 1 aromatic heterocycles. The molecule has 0 saturated heterocycles. The topological polar surface area (TPSA) is 89.6 Å². The lowest BCUT2D eigenvalue weighted by Gasteiger charge is -2.08. The minimum Gasteiger partial charge on any atom is -0.454 e. The predicted octanol–water partition coefficient (Wildman–Crippen LogP) is 4.06. The number of benzene rings is 3. The second kappa shape index (κ2) is 8.08. The SMILES string of the molecule is O=C(CNC(=O)c1ccc2c(c1)OCO2)Nc1cccc(-c2nc3ccccc3s2)c1. The molecule has 0 aliphatic carbocycles. The van der Waals surface area contributed by atoms with E-state index in [-0.39, 0.29) is 25.2 Å². The summed E-state index contributed by atoms with van der Waals surface area (Å²) in [7, 11) is 0. The molecule has 8 heteroatoms. The number of para-hydroxylation sites is 1. The highest BCUT2D eigenvalue weighted by molar-refractivity contribution is 7.21. The highest BCUT2D eigenvalue weighted by Crippen LogP contribution is 2.33. The van der Waals surface area contributed by atoms with Gasteiger partial charge in [-0.25, -0.2) is 4.98 Å². The van der Waals surface area contributed by atoms with Gasteiger partial charge in [0, 0.05) is 16.8 Å². The Hall–Kier alpha value is -3.91. The zero-order valence-corrected chi connectivity index (χ0v) is 17.1. The molecule has 2 heterocycles. The molecule has 31 heavy (non-hydrogen) atoms. The van der Waals surface area contributed by atoms with Crippen molar-refractivity contribution in [2.24, 2.45) is 0 Å². The molecular weight excluding hydrogens is 414 g/mol. The Morgan fingerprint density at radius 2 is 1.84 bits per heavy atom. The Bertz CT molecular complexity index is 1270. The largest absolute Gasteiger partial charge is 0.454 e. The van der Waals surface area contributed by atoms with E-state index in [1.54, 1.807) is 35.6 Å². The molecule has 0 spiro atoms. The molecule has 1 aliphatic heterocycles. The molecule has 0 fully saturated rings. The lowest BCUT2D eigenvalue weighted by Crippen LogP contribution is -2.32. The van der Waals surface area contributed by atoms with Crippen molar-refractivity contribution >= 4 is 39.1 Å². The van der Waals surface area contributed by atoms with Crippen LogP contribution in [0, 0.1) is 0 Å². The molecule has 154 valence electrons. The van der Waals surface area contributed by atoms with E-state index in [2.05, 4.69) is 15.6 Å². The second-order valence-electron chi connectivity index (χ2n) is 6.87. The number of hydrogen-bond acceptors (Lipinski definition) is 6. The highest BCUT2D eigenvalue weighted by atomic mass is 32.1. The zero-order chi connectivity index (χ0) is 21.2. The van der Waals surface area contributed by atoms with Gasteiger partial charge in [0.15, 0.2) is 11.5 Å². The normalized spacial score (nSPS) is 12.0. The fourth-order valence-corrected chi connectivity index (χ4v) is 4.19. The van der Waals surface area contributed by atoms with Gasteiger partial charge in [-0.3, -0.25) is 9.59 Å². The van der Waals surface area contributed by atoms with Crippen molar-refractivity contribution in [3.05, 3.63) is 72.3 Å². The van der Waals surface area contributed by atoms with Gasteiger partial charge in [0.25, 0.3) is 5.91 Å². The van der Waals surface area contributed by atoms with Gasteiger partial charge in [0.2, 0.25) is 12.7 Å². The highest BCUT2D eigenvalue weighted by Gasteiger charge is 2.16. The number of anilines is 1. The monoisotopic (exact) mass is 431 g/mol. The first kappa shape index (κ1) is 19.1. The van der Waals surface area contributed by atoms with Crippen molar-refractivity contribution in [3.63, 3.8) is 0 Å². The van der Waals surface area contributed by atoms with Crippen molar-refractivity contribution < 1.29 is 19.1 Å². The molecular formula is C23H17N3O4S.